The summed E-state index contributed by atoms with van der Waals surface area (Å²) in [5.41, 5.74) is 5.85. The molecule has 2 heterocycles. The number of urea groups is 1. The lowest BCUT2D eigenvalue weighted by molar-refractivity contribution is 0.0528. The van der Waals surface area contributed by atoms with E-state index in [1.54, 1.807) is 29.8 Å². The SMILES string of the molecule is CCOC(=O)c1cnn2c(-c3cccc(NC(=O)Nc4ccc(C)c(C)c4)c3)ccnc12. The van der Waals surface area contributed by atoms with Crippen molar-refractivity contribution in [1.29, 1.82) is 0 Å². The number of amides is 2. The maximum absolute atomic E-state index is 12.5. The summed E-state index contributed by atoms with van der Waals surface area (Å²) < 4.78 is 6.66. The van der Waals surface area contributed by atoms with Gasteiger partial charge in [0.2, 0.25) is 0 Å². The highest BCUT2D eigenvalue weighted by Gasteiger charge is 2.17. The van der Waals surface area contributed by atoms with Gasteiger partial charge in [-0.15, -0.1) is 0 Å². The summed E-state index contributed by atoms with van der Waals surface area (Å²) in [4.78, 5) is 28.9. The molecule has 2 aromatic carbocycles. The highest BCUT2D eigenvalue weighted by molar-refractivity contribution is 6.00. The number of hydrogen-bond donors (Lipinski definition) is 2. The van der Waals surface area contributed by atoms with Crippen LogP contribution in [-0.4, -0.2) is 33.2 Å². The van der Waals surface area contributed by atoms with E-state index < -0.39 is 5.97 Å². The van der Waals surface area contributed by atoms with Gasteiger partial charge in [-0.1, -0.05) is 18.2 Å². The van der Waals surface area contributed by atoms with Crippen LogP contribution >= 0.6 is 0 Å². The zero-order valence-electron chi connectivity index (χ0n) is 18.0. The largest absolute Gasteiger partial charge is 0.462 e. The molecule has 8 nitrogen and oxygen atoms in total. The van der Waals surface area contributed by atoms with Gasteiger partial charge in [-0.05, 0) is 62.2 Å². The molecule has 2 aromatic heterocycles. The molecule has 4 rings (SSSR count). The summed E-state index contributed by atoms with van der Waals surface area (Å²) >= 11 is 0. The first-order chi connectivity index (χ1) is 15.5. The third kappa shape index (κ3) is 4.29. The number of benzene rings is 2. The number of hydrogen-bond acceptors (Lipinski definition) is 5. The van der Waals surface area contributed by atoms with E-state index in [4.69, 9.17) is 4.74 Å². The van der Waals surface area contributed by atoms with Crippen LogP contribution in [0.1, 0.15) is 28.4 Å². The second kappa shape index (κ2) is 8.89. The van der Waals surface area contributed by atoms with E-state index in [0.29, 0.717) is 16.9 Å². The van der Waals surface area contributed by atoms with E-state index in [9.17, 15) is 9.59 Å². The van der Waals surface area contributed by atoms with Gasteiger partial charge < -0.3 is 15.4 Å². The van der Waals surface area contributed by atoms with Crippen LogP contribution in [0.15, 0.2) is 60.9 Å². The first-order valence-electron chi connectivity index (χ1n) is 10.2. The molecule has 8 heteroatoms. The number of fused-ring (bicyclic) bond motifs is 1. The van der Waals surface area contributed by atoms with Crippen molar-refractivity contribution in [3.05, 3.63) is 77.6 Å². The molecule has 32 heavy (non-hydrogen) atoms. The molecule has 4 aromatic rings. The molecule has 0 fully saturated rings. The van der Waals surface area contributed by atoms with Gasteiger partial charge in [-0.2, -0.15) is 5.10 Å². The predicted molar refractivity (Wildman–Crippen MR) is 123 cm³/mol. The Morgan fingerprint density at radius 1 is 1.00 bits per heavy atom. The molecule has 0 saturated heterocycles. The molecule has 0 radical (unpaired) electrons. The van der Waals surface area contributed by atoms with Crippen molar-refractivity contribution in [1.82, 2.24) is 14.6 Å². The molecule has 0 saturated carbocycles. The van der Waals surface area contributed by atoms with E-state index in [1.165, 1.54) is 6.20 Å². The predicted octanol–water partition coefficient (Wildman–Crippen LogP) is 4.83. The van der Waals surface area contributed by atoms with Gasteiger partial charge in [0.1, 0.15) is 5.56 Å². The zero-order valence-corrected chi connectivity index (χ0v) is 18.0. The smallest absolute Gasteiger partial charge is 0.343 e. The van der Waals surface area contributed by atoms with Crippen LogP contribution in [0, 0.1) is 13.8 Å². The second-order valence-corrected chi connectivity index (χ2v) is 7.30. The Hall–Kier alpha value is -4.20. The normalized spacial score (nSPS) is 10.7. The van der Waals surface area contributed by atoms with E-state index in [0.717, 1.165) is 28.1 Å². The minimum Gasteiger partial charge on any atom is -0.462 e. The Bertz CT molecular complexity index is 1310. The fourth-order valence-electron chi connectivity index (χ4n) is 3.33. The Balaban J connectivity index is 1.58. The summed E-state index contributed by atoms with van der Waals surface area (Å²) in [5, 5.41) is 10.0. The average Bonchev–Trinajstić information content (AvgIpc) is 3.21. The Morgan fingerprint density at radius 3 is 2.53 bits per heavy atom. The number of esters is 1. The van der Waals surface area contributed by atoms with E-state index >= 15 is 0 Å². The summed E-state index contributed by atoms with van der Waals surface area (Å²) in [6.45, 7) is 6.04. The number of carbonyl (C=O) groups excluding carboxylic acids is 2. The number of nitrogens with zero attached hydrogens (tertiary/aromatic N) is 3. The molecule has 0 atom stereocenters. The molecular formula is C24H23N5O3. The van der Waals surface area contributed by atoms with Crippen LogP contribution in [0.25, 0.3) is 16.9 Å². The van der Waals surface area contributed by atoms with E-state index in [1.807, 2.05) is 50.2 Å². The molecule has 2 N–H and O–H groups in total. The highest BCUT2D eigenvalue weighted by Crippen LogP contribution is 2.24. The van der Waals surface area contributed by atoms with E-state index in [2.05, 4.69) is 20.7 Å². The molecule has 0 aliphatic heterocycles. The minimum absolute atomic E-state index is 0.272. The Kier molecular flexibility index (Phi) is 5.85. The lowest BCUT2D eigenvalue weighted by atomic mass is 10.1. The molecule has 0 aliphatic carbocycles. The highest BCUT2D eigenvalue weighted by atomic mass is 16.5. The number of nitrogens with one attached hydrogen (secondary N) is 2. The van der Waals surface area contributed by atoms with E-state index in [-0.39, 0.29) is 12.6 Å². The fourth-order valence-corrected chi connectivity index (χ4v) is 3.33. The quantitative estimate of drug-likeness (QED) is 0.443. The minimum atomic E-state index is -0.467. The summed E-state index contributed by atoms with van der Waals surface area (Å²) in [7, 11) is 0. The number of anilines is 2. The van der Waals surface area contributed by atoms with Gasteiger partial charge in [-0.25, -0.2) is 19.1 Å². The van der Waals surface area contributed by atoms with Crippen LogP contribution in [0.3, 0.4) is 0 Å². The number of aryl methyl sites for hydroxylation is 2. The molecule has 2 amide bonds. The standard InChI is InChI=1S/C24H23N5O3/c1-4-32-23(30)20-14-26-29-21(10-11-25-22(20)29)17-6-5-7-18(13-17)27-24(31)28-19-9-8-15(2)16(3)12-19/h5-14H,4H2,1-3H3,(H2,27,28,31). The Morgan fingerprint density at radius 2 is 1.78 bits per heavy atom. The molecule has 162 valence electrons. The fraction of sp³-hybridized carbons (Fsp3) is 0.167. The third-order valence-electron chi connectivity index (χ3n) is 5.08. The maximum atomic E-state index is 12.5. The molecular weight excluding hydrogens is 406 g/mol. The molecule has 0 unspecified atom stereocenters. The van der Waals surface area contributed by atoms with Crippen LogP contribution in [0.4, 0.5) is 16.2 Å². The van der Waals surface area contributed by atoms with Crippen LogP contribution in [0.2, 0.25) is 0 Å². The molecule has 0 bridgehead atoms. The summed E-state index contributed by atoms with van der Waals surface area (Å²) in [6.07, 6.45) is 3.06. The first kappa shape index (κ1) is 21.0. The summed E-state index contributed by atoms with van der Waals surface area (Å²) in [6, 6.07) is 14.6. The van der Waals surface area contributed by atoms with Crippen LogP contribution in [-0.2, 0) is 4.74 Å². The van der Waals surface area contributed by atoms with Gasteiger partial charge in [0.15, 0.2) is 5.65 Å². The lowest BCUT2D eigenvalue weighted by Crippen LogP contribution is -2.19. The number of ether oxygens (including phenoxy) is 1. The first-order valence-corrected chi connectivity index (χ1v) is 10.2. The third-order valence-corrected chi connectivity index (χ3v) is 5.08. The topological polar surface area (TPSA) is 97.6 Å². The van der Waals surface area contributed by atoms with Crippen molar-refractivity contribution in [3.8, 4) is 11.3 Å². The van der Waals surface area contributed by atoms with Gasteiger partial charge in [-0.3, -0.25) is 0 Å². The average molecular weight is 429 g/mol. The number of aromatic nitrogens is 3. The van der Waals surface area contributed by atoms with Crippen molar-refractivity contribution in [3.63, 3.8) is 0 Å². The monoisotopic (exact) mass is 429 g/mol. The van der Waals surface area contributed by atoms with Crippen molar-refractivity contribution < 1.29 is 14.3 Å². The van der Waals surface area contributed by atoms with Gasteiger partial charge in [0.05, 0.1) is 18.5 Å². The number of rotatable bonds is 5. The van der Waals surface area contributed by atoms with Gasteiger partial charge in [0.25, 0.3) is 0 Å². The van der Waals surface area contributed by atoms with Gasteiger partial charge in [0, 0.05) is 23.1 Å². The van der Waals surface area contributed by atoms with Crippen molar-refractivity contribution >= 4 is 29.0 Å². The maximum Gasteiger partial charge on any atom is 0.343 e. The lowest BCUT2D eigenvalue weighted by Gasteiger charge is -2.11. The molecule has 0 spiro atoms. The van der Waals surface area contributed by atoms with Crippen molar-refractivity contribution in [2.75, 3.05) is 17.2 Å². The van der Waals surface area contributed by atoms with Crippen molar-refractivity contribution in [2.24, 2.45) is 0 Å². The van der Waals surface area contributed by atoms with Crippen molar-refractivity contribution in [2.45, 2.75) is 20.8 Å². The van der Waals surface area contributed by atoms with Crippen LogP contribution < -0.4 is 10.6 Å². The Labute approximate surface area is 185 Å². The second-order valence-electron chi connectivity index (χ2n) is 7.30. The zero-order chi connectivity index (χ0) is 22.7. The summed E-state index contributed by atoms with van der Waals surface area (Å²) in [5.74, 6) is -0.467. The molecule has 0 aliphatic rings. The number of carbonyl (C=O) groups is 2. The van der Waals surface area contributed by atoms with Gasteiger partial charge >= 0.3 is 12.0 Å². The van der Waals surface area contributed by atoms with Crippen LogP contribution in [0.5, 0.6) is 0 Å².